The van der Waals surface area contributed by atoms with Crippen LogP contribution in [0.1, 0.15) is 22.3 Å². The van der Waals surface area contributed by atoms with E-state index in [1.807, 2.05) is 26.0 Å². The van der Waals surface area contributed by atoms with Crippen molar-refractivity contribution in [3.8, 4) is 0 Å². The van der Waals surface area contributed by atoms with Crippen LogP contribution in [0.4, 0.5) is 0 Å². The minimum atomic E-state index is -0.438. The Bertz CT molecular complexity index is 1340. The summed E-state index contributed by atoms with van der Waals surface area (Å²) in [6.07, 6.45) is 4.73. The molecule has 0 saturated carbocycles. The van der Waals surface area contributed by atoms with E-state index in [0.29, 0.717) is 32.7 Å². The van der Waals surface area contributed by atoms with Gasteiger partial charge in [-0.15, -0.1) is 0 Å². The van der Waals surface area contributed by atoms with Gasteiger partial charge in [0.25, 0.3) is 0 Å². The third-order valence-corrected chi connectivity index (χ3v) is 4.72. The first-order valence-electron chi connectivity index (χ1n) is 8.37. The Morgan fingerprint density at radius 1 is 0.926 bits per heavy atom. The summed E-state index contributed by atoms with van der Waals surface area (Å²) in [5, 5.41) is 1.61. The van der Waals surface area contributed by atoms with Crippen LogP contribution < -0.4 is 11.1 Å². The van der Waals surface area contributed by atoms with E-state index in [2.05, 4.69) is 0 Å². The highest BCUT2D eigenvalue weighted by molar-refractivity contribution is 6.34. The van der Waals surface area contributed by atoms with Crippen LogP contribution in [0.3, 0.4) is 0 Å². The molecular weight excluding hydrogens is 364 g/mol. The first-order chi connectivity index (χ1) is 12.9. The summed E-state index contributed by atoms with van der Waals surface area (Å²) in [5.74, 6) is 0. The van der Waals surface area contributed by atoms with Crippen molar-refractivity contribution < 1.29 is 8.83 Å². The van der Waals surface area contributed by atoms with Crippen molar-refractivity contribution in [2.45, 2.75) is 13.8 Å². The van der Waals surface area contributed by atoms with Crippen molar-refractivity contribution in [1.82, 2.24) is 0 Å². The molecular formula is C22H15ClO4. The Labute approximate surface area is 159 Å². The third-order valence-electron chi connectivity index (χ3n) is 4.43. The van der Waals surface area contributed by atoms with Crippen molar-refractivity contribution in [1.29, 1.82) is 0 Å². The minimum absolute atomic E-state index is 0.186. The van der Waals surface area contributed by atoms with Gasteiger partial charge in [-0.05, 0) is 54.8 Å². The van der Waals surface area contributed by atoms with E-state index >= 15 is 0 Å². The van der Waals surface area contributed by atoms with Gasteiger partial charge in [0, 0.05) is 11.5 Å². The number of halogens is 1. The number of fused-ring (bicyclic) bond motifs is 2. The monoisotopic (exact) mass is 378 g/mol. The average molecular weight is 379 g/mol. The van der Waals surface area contributed by atoms with Gasteiger partial charge in [-0.25, -0.2) is 4.79 Å². The molecule has 0 spiro atoms. The van der Waals surface area contributed by atoms with E-state index < -0.39 is 5.63 Å². The Kier molecular flexibility index (Phi) is 4.21. The molecule has 0 aliphatic rings. The quantitative estimate of drug-likeness (QED) is 0.442. The Morgan fingerprint density at radius 3 is 2.52 bits per heavy atom. The molecule has 0 saturated heterocycles. The van der Waals surface area contributed by atoms with Crippen molar-refractivity contribution in [3.05, 3.63) is 90.6 Å². The summed E-state index contributed by atoms with van der Waals surface area (Å²) < 4.78 is 10.9. The standard InChI is InChI=1S/C22H15ClO4/c1-12-8-13(2)21-17(9-12)14(10-19(24)27-21)6-7-15-11-26-22-16(20(15)25)4-3-5-18(22)23/h3-11H,1-2H3/b7-6+. The lowest BCUT2D eigenvalue weighted by Gasteiger charge is -2.05. The van der Waals surface area contributed by atoms with Crippen molar-refractivity contribution >= 4 is 45.7 Å². The molecule has 134 valence electrons. The van der Waals surface area contributed by atoms with Gasteiger partial charge in [-0.3, -0.25) is 4.79 Å². The van der Waals surface area contributed by atoms with Crippen LogP contribution in [0.15, 0.2) is 61.1 Å². The number of para-hydroxylation sites is 1. The van der Waals surface area contributed by atoms with E-state index in [0.717, 1.165) is 16.5 Å². The zero-order chi connectivity index (χ0) is 19.1. The molecule has 4 nitrogen and oxygen atoms in total. The largest absolute Gasteiger partial charge is 0.462 e. The van der Waals surface area contributed by atoms with Crippen LogP contribution in [0.2, 0.25) is 5.02 Å². The molecule has 4 rings (SSSR count). The van der Waals surface area contributed by atoms with Gasteiger partial charge >= 0.3 is 5.63 Å². The summed E-state index contributed by atoms with van der Waals surface area (Å²) in [6, 6.07) is 10.4. The second-order valence-corrected chi connectivity index (χ2v) is 6.86. The predicted molar refractivity (Wildman–Crippen MR) is 108 cm³/mol. The Hall–Kier alpha value is -3.11. The van der Waals surface area contributed by atoms with Crippen LogP contribution >= 0.6 is 11.6 Å². The topological polar surface area (TPSA) is 60.4 Å². The number of benzene rings is 2. The molecule has 4 aromatic rings. The number of hydrogen-bond donors (Lipinski definition) is 0. The van der Waals surface area contributed by atoms with Gasteiger partial charge in [0.2, 0.25) is 0 Å². The molecule has 0 aliphatic carbocycles. The molecule has 0 bridgehead atoms. The summed E-state index contributed by atoms with van der Waals surface area (Å²) in [6.45, 7) is 3.88. The Morgan fingerprint density at radius 2 is 1.70 bits per heavy atom. The maximum atomic E-state index is 12.7. The van der Waals surface area contributed by atoms with Gasteiger partial charge in [-0.2, -0.15) is 0 Å². The van der Waals surface area contributed by atoms with Gasteiger partial charge in [0.15, 0.2) is 11.0 Å². The lowest BCUT2D eigenvalue weighted by molar-refractivity contribution is 0.558. The number of rotatable bonds is 2. The SMILES string of the molecule is Cc1cc(C)c2oc(=O)cc(/C=C/c3coc4c(Cl)cccc4c3=O)c2c1. The molecule has 27 heavy (non-hydrogen) atoms. The molecule has 0 atom stereocenters. The van der Waals surface area contributed by atoms with Crippen molar-refractivity contribution in [2.75, 3.05) is 0 Å². The van der Waals surface area contributed by atoms with Gasteiger partial charge in [0.05, 0.1) is 16.0 Å². The van der Waals surface area contributed by atoms with Crippen LogP contribution in [-0.4, -0.2) is 0 Å². The molecule has 2 aromatic carbocycles. The molecule has 2 heterocycles. The van der Waals surface area contributed by atoms with E-state index in [4.69, 9.17) is 20.4 Å². The van der Waals surface area contributed by atoms with E-state index in [1.54, 1.807) is 30.4 Å². The molecule has 0 fully saturated rings. The van der Waals surface area contributed by atoms with Crippen molar-refractivity contribution in [2.24, 2.45) is 0 Å². The molecule has 0 aliphatic heterocycles. The van der Waals surface area contributed by atoms with Gasteiger partial charge < -0.3 is 8.83 Å². The highest BCUT2D eigenvalue weighted by Crippen LogP contribution is 2.25. The maximum Gasteiger partial charge on any atom is 0.336 e. The highest BCUT2D eigenvalue weighted by atomic mass is 35.5. The second kappa shape index (κ2) is 6.56. The maximum absolute atomic E-state index is 12.7. The molecule has 2 aromatic heterocycles. The molecule has 5 heteroatoms. The van der Waals surface area contributed by atoms with Crippen LogP contribution in [0, 0.1) is 13.8 Å². The Balaban J connectivity index is 1.89. The first kappa shape index (κ1) is 17.3. The van der Waals surface area contributed by atoms with Gasteiger partial charge in [0.1, 0.15) is 11.8 Å². The van der Waals surface area contributed by atoms with Crippen molar-refractivity contribution in [3.63, 3.8) is 0 Å². The summed E-state index contributed by atoms with van der Waals surface area (Å²) >= 11 is 6.07. The normalized spacial score (nSPS) is 11.7. The smallest absolute Gasteiger partial charge is 0.336 e. The van der Waals surface area contributed by atoms with Gasteiger partial charge in [-0.1, -0.05) is 29.8 Å². The molecule has 0 unspecified atom stereocenters. The van der Waals surface area contributed by atoms with Crippen LogP contribution in [0.25, 0.3) is 34.1 Å². The lowest BCUT2D eigenvalue weighted by atomic mass is 10.0. The molecule has 0 N–H and O–H groups in total. The van der Waals surface area contributed by atoms with Crippen LogP contribution in [0.5, 0.6) is 0 Å². The second-order valence-electron chi connectivity index (χ2n) is 6.45. The third kappa shape index (κ3) is 3.09. The van der Waals surface area contributed by atoms with E-state index in [9.17, 15) is 9.59 Å². The fraction of sp³-hybridized carbons (Fsp3) is 0.0909. The first-order valence-corrected chi connectivity index (χ1v) is 8.75. The van der Waals surface area contributed by atoms with E-state index in [-0.39, 0.29) is 5.43 Å². The fourth-order valence-corrected chi connectivity index (χ4v) is 3.43. The summed E-state index contributed by atoms with van der Waals surface area (Å²) in [7, 11) is 0. The summed E-state index contributed by atoms with van der Waals surface area (Å²) in [4.78, 5) is 24.6. The number of aryl methyl sites for hydroxylation is 2. The lowest BCUT2D eigenvalue weighted by Crippen LogP contribution is -2.04. The fourth-order valence-electron chi connectivity index (χ4n) is 3.21. The highest BCUT2D eigenvalue weighted by Gasteiger charge is 2.09. The van der Waals surface area contributed by atoms with Crippen LogP contribution in [-0.2, 0) is 0 Å². The molecule has 0 radical (unpaired) electrons. The predicted octanol–water partition coefficient (Wildman–Crippen LogP) is 5.34. The summed E-state index contributed by atoms with van der Waals surface area (Å²) in [5.41, 5.74) is 3.28. The molecule has 0 amide bonds. The zero-order valence-electron chi connectivity index (χ0n) is 14.7. The van der Waals surface area contributed by atoms with E-state index in [1.165, 1.54) is 12.3 Å². The minimum Gasteiger partial charge on any atom is -0.462 e. The average Bonchev–Trinajstić information content (AvgIpc) is 2.62. The zero-order valence-corrected chi connectivity index (χ0v) is 15.5. The number of hydrogen-bond acceptors (Lipinski definition) is 4.